The zero-order chi connectivity index (χ0) is 12.4. The van der Waals surface area contributed by atoms with Crippen LogP contribution in [0.15, 0.2) is 0 Å². The molecule has 2 fully saturated rings. The summed E-state index contributed by atoms with van der Waals surface area (Å²) in [6, 6.07) is 1.61. The summed E-state index contributed by atoms with van der Waals surface area (Å²) in [6.07, 6.45) is 8.50. The van der Waals surface area contributed by atoms with Crippen molar-refractivity contribution in [2.45, 2.75) is 78.3 Å². The lowest BCUT2D eigenvalue weighted by Gasteiger charge is -2.39. The highest BCUT2D eigenvalue weighted by Gasteiger charge is 2.30. The summed E-state index contributed by atoms with van der Waals surface area (Å²) in [5.74, 6) is 3.69. The van der Waals surface area contributed by atoms with Gasteiger partial charge in [-0.05, 0) is 62.2 Å². The number of hydrogen-bond donors (Lipinski definition) is 1. The average Bonchev–Trinajstić information content (AvgIpc) is 2.27. The smallest absolute Gasteiger partial charge is 0.00954 e. The molecule has 0 amide bonds. The predicted molar refractivity (Wildman–Crippen MR) is 75.1 cm³/mol. The molecular weight excluding hydrogens is 206 g/mol. The highest BCUT2D eigenvalue weighted by molar-refractivity contribution is 4.87. The first kappa shape index (κ1) is 13.4. The maximum atomic E-state index is 3.98. The molecule has 1 heteroatoms. The molecule has 0 aromatic carbocycles. The van der Waals surface area contributed by atoms with Crippen LogP contribution >= 0.6 is 0 Å². The Morgan fingerprint density at radius 3 is 2.12 bits per heavy atom. The largest absolute Gasteiger partial charge is 0.311 e. The van der Waals surface area contributed by atoms with Gasteiger partial charge in [-0.1, -0.05) is 27.7 Å². The third-order valence-corrected chi connectivity index (χ3v) is 5.48. The van der Waals surface area contributed by atoms with E-state index in [1.807, 2.05) is 0 Å². The summed E-state index contributed by atoms with van der Waals surface area (Å²) < 4.78 is 0. The SMILES string of the molecule is CC1CCC(NC2CCC(C)C(C)C2)C(C)C1. The molecule has 100 valence electrons. The maximum absolute atomic E-state index is 3.98. The van der Waals surface area contributed by atoms with E-state index >= 15 is 0 Å². The van der Waals surface area contributed by atoms with Crippen molar-refractivity contribution >= 4 is 0 Å². The Balaban J connectivity index is 1.81. The molecule has 0 aromatic rings. The summed E-state index contributed by atoms with van der Waals surface area (Å²) >= 11 is 0. The second kappa shape index (κ2) is 5.73. The van der Waals surface area contributed by atoms with E-state index in [0.717, 1.165) is 35.8 Å². The van der Waals surface area contributed by atoms with E-state index < -0.39 is 0 Å². The number of rotatable bonds is 2. The molecule has 0 aliphatic heterocycles. The molecule has 0 aromatic heterocycles. The van der Waals surface area contributed by atoms with Crippen LogP contribution in [0.25, 0.3) is 0 Å². The van der Waals surface area contributed by atoms with Crippen molar-refractivity contribution in [1.82, 2.24) is 5.32 Å². The minimum atomic E-state index is 0.803. The molecule has 17 heavy (non-hydrogen) atoms. The Morgan fingerprint density at radius 2 is 1.47 bits per heavy atom. The third kappa shape index (κ3) is 3.47. The first-order chi connectivity index (χ1) is 8.06. The van der Waals surface area contributed by atoms with E-state index in [-0.39, 0.29) is 0 Å². The van der Waals surface area contributed by atoms with Gasteiger partial charge in [0.1, 0.15) is 0 Å². The van der Waals surface area contributed by atoms with Crippen LogP contribution < -0.4 is 5.32 Å². The molecule has 0 spiro atoms. The van der Waals surface area contributed by atoms with Crippen LogP contribution in [0.4, 0.5) is 0 Å². The molecule has 0 saturated heterocycles. The van der Waals surface area contributed by atoms with Crippen molar-refractivity contribution in [3.8, 4) is 0 Å². The fourth-order valence-electron chi connectivity index (χ4n) is 3.91. The standard InChI is InChI=1S/C16H31N/c1-11-5-8-16(14(4)9-11)17-15-7-6-12(2)13(3)10-15/h11-17H,5-10H2,1-4H3. The van der Waals surface area contributed by atoms with Crippen LogP contribution in [-0.4, -0.2) is 12.1 Å². The minimum absolute atomic E-state index is 0.803. The van der Waals surface area contributed by atoms with Gasteiger partial charge in [-0.15, -0.1) is 0 Å². The fourth-order valence-corrected chi connectivity index (χ4v) is 3.91. The van der Waals surface area contributed by atoms with Gasteiger partial charge in [0.2, 0.25) is 0 Å². The van der Waals surface area contributed by atoms with Crippen LogP contribution in [0, 0.1) is 23.7 Å². The minimum Gasteiger partial charge on any atom is -0.311 e. The third-order valence-electron chi connectivity index (χ3n) is 5.48. The second-order valence-electron chi connectivity index (χ2n) is 7.13. The van der Waals surface area contributed by atoms with Crippen LogP contribution in [0.1, 0.15) is 66.2 Å². The zero-order valence-electron chi connectivity index (χ0n) is 12.2. The molecule has 2 rings (SSSR count). The van der Waals surface area contributed by atoms with Gasteiger partial charge in [0.15, 0.2) is 0 Å². The van der Waals surface area contributed by atoms with Gasteiger partial charge in [-0.2, -0.15) is 0 Å². The lowest BCUT2D eigenvalue weighted by atomic mass is 9.76. The summed E-state index contributed by atoms with van der Waals surface area (Å²) in [5.41, 5.74) is 0. The van der Waals surface area contributed by atoms with E-state index in [1.54, 1.807) is 0 Å². The molecule has 6 atom stereocenters. The molecule has 0 radical (unpaired) electrons. The fraction of sp³-hybridized carbons (Fsp3) is 1.00. The molecular formula is C16H31N. The van der Waals surface area contributed by atoms with Gasteiger partial charge in [-0.25, -0.2) is 0 Å². The van der Waals surface area contributed by atoms with Gasteiger partial charge in [0, 0.05) is 12.1 Å². The predicted octanol–water partition coefficient (Wildman–Crippen LogP) is 4.23. The Bertz CT molecular complexity index is 238. The summed E-state index contributed by atoms with van der Waals surface area (Å²) in [5, 5.41) is 3.98. The van der Waals surface area contributed by atoms with Crippen molar-refractivity contribution < 1.29 is 0 Å². The zero-order valence-corrected chi connectivity index (χ0v) is 12.2. The van der Waals surface area contributed by atoms with E-state index in [0.29, 0.717) is 0 Å². The second-order valence-corrected chi connectivity index (χ2v) is 7.13. The van der Waals surface area contributed by atoms with Gasteiger partial charge < -0.3 is 5.32 Å². The van der Waals surface area contributed by atoms with Crippen molar-refractivity contribution in [3.05, 3.63) is 0 Å². The normalized spacial score (nSPS) is 48.0. The van der Waals surface area contributed by atoms with Crippen molar-refractivity contribution in [2.24, 2.45) is 23.7 Å². The molecule has 6 unspecified atom stereocenters. The van der Waals surface area contributed by atoms with E-state index in [2.05, 4.69) is 33.0 Å². The molecule has 2 aliphatic rings. The summed E-state index contributed by atoms with van der Waals surface area (Å²) in [6.45, 7) is 9.72. The number of nitrogens with one attached hydrogen (secondary N) is 1. The molecule has 0 bridgehead atoms. The molecule has 1 nitrogen and oxygen atoms in total. The Labute approximate surface area is 108 Å². The summed E-state index contributed by atoms with van der Waals surface area (Å²) in [4.78, 5) is 0. The van der Waals surface area contributed by atoms with Crippen LogP contribution in [0.5, 0.6) is 0 Å². The molecule has 1 N–H and O–H groups in total. The average molecular weight is 237 g/mol. The highest BCUT2D eigenvalue weighted by Crippen LogP contribution is 2.33. The van der Waals surface area contributed by atoms with E-state index in [9.17, 15) is 0 Å². The van der Waals surface area contributed by atoms with Crippen LogP contribution in [0.2, 0.25) is 0 Å². The Hall–Kier alpha value is -0.0400. The lowest BCUT2D eigenvalue weighted by molar-refractivity contribution is 0.167. The molecule has 2 aliphatic carbocycles. The van der Waals surface area contributed by atoms with Crippen LogP contribution in [-0.2, 0) is 0 Å². The first-order valence-corrected chi connectivity index (χ1v) is 7.82. The Morgan fingerprint density at radius 1 is 0.706 bits per heavy atom. The van der Waals surface area contributed by atoms with Gasteiger partial charge >= 0.3 is 0 Å². The molecule has 2 saturated carbocycles. The van der Waals surface area contributed by atoms with E-state index in [4.69, 9.17) is 0 Å². The van der Waals surface area contributed by atoms with E-state index in [1.165, 1.54) is 38.5 Å². The summed E-state index contributed by atoms with van der Waals surface area (Å²) in [7, 11) is 0. The van der Waals surface area contributed by atoms with Gasteiger partial charge in [0.25, 0.3) is 0 Å². The van der Waals surface area contributed by atoms with Crippen molar-refractivity contribution in [2.75, 3.05) is 0 Å². The lowest BCUT2D eigenvalue weighted by Crippen LogP contribution is -2.47. The highest BCUT2D eigenvalue weighted by atomic mass is 15.0. The van der Waals surface area contributed by atoms with Crippen molar-refractivity contribution in [1.29, 1.82) is 0 Å². The Kier molecular flexibility index (Phi) is 4.52. The number of hydrogen-bond acceptors (Lipinski definition) is 1. The van der Waals surface area contributed by atoms with Crippen molar-refractivity contribution in [3.63, 3.8) is 0 Å². The molecule has 0 heterocycles. The topological polar surface area (TPSA) is 12.0 Å². The van der Waals surface area contributed by atoms with Gasteiger partial charge in [0.05, 0.1) is 0 Å². The van der Waals surface area contributed by atoms with Crippen LogP contribution in [0.3, 0.4) is 0 Å². The quantitative estimate of drug-likeness (QED) is 0.758. The monoisotopic (exact) mass is 237 g/mol. The first-order valence-electron chi connectivity index (χ1n) is 7.82. The van der Waals surface area contributed by atoms with Gasteiger partial charge in [-0.3, -0.25) is 0 Å². The maximum Gasteiger partial charge on any atom is 0.00954 e.